The second kappa shape index (κ2) is 16.3. The highest BCUT2D eigenvalue weighted by atomic mass is 16.4. The van der Waals surface area contributed by atoms with Crippen molar-refractivity contribution < 1.29 is 49.2 Å². The van der Waals surface area contributed by atoms with E-state index < -0.39 is 72.8 Å². The van der Waals surface area contributed by atoms with Crippen LogP contribution in [0.2, 0.25) is 0 Å². The molecule has 0 saturated carbocycles. The first kappa shape index (κ1) is 30.7. The van der Waals surface area contributed by atoms with Gasteiger partial charge >= 0.3 is 17.9 Å². The van der Waals surface area contributed by atoms with Crippen LogP contribution in [-0.4, -0.2) is 93.4 Å². The molecule has 34 heavy (non-hydrogen) atoms. The predicted molar refractivity (Wildman–Crippen MR) is 115 cm³/mol. The van der Waals surface area contributed by atoms with Crippen LogP contribution in [0.4, 0.5) is 0 Å². The van der Waals surface area contributed by atoms with Crippen molar-refractivity contribution in [2.75, 3.05) is 13.2 Å². The average Bonchev–Trinajstić information content (AvgIpc) is 2.76. The summed E-state index contributed by atoms with van der Waals surface area (Å²) in [6.45, 7) is -0.571. The topological polar surface area (TPSA) is 271 Å². The van der Waals surface area contributed by atoms with E-state index in [9.17, 15) is 39.0 Å². The molecule has 0 aliphatic carbocycles. The van der Waals surface area contributed by atoms with Crippen LogP contribution in [0.25, 0.3) is 0 Å². The number of carboxylic acids is 3. The number of aliphatic carboxylic acids is 3. The Balaban J connectivity index is 5.26. The van der Waals surface area contributed by atoms with Crippen molar-refractivity contribution in [3.8, 4) is 0 Å². The predicted octanol–water partition coefficient (Wildman–Crippen LogP) is -3.30. The molecular formula is C19H33N5O10. The Morgan fingerprint density at radius 1 is 0.676 bits per heavy atom. The highest BCUT2D eigenvalue weighted by Gasteiger charge is 2.30. The van der Waals surface area contributed by atoms with Crippen molar-refractivity contribution >= 4 is 35.6 Å². The van der Waals surface area contributed by atoms with Gasteiger partial charge in [0.05, 0.1) is 12.6 Å². The van der Waals surface area contributed by atoms with Gasteiger partial charge in [-0.25, -0.2) is 4.79 Å². The van der Waals surface area contributed by atoms with Crippen LogP contribution in [-0.2, 0) is 28.8 Å². The Labute approximate surface area is 195 Å². The van der Waals surface area contributed by atoms with Crippen molar-refractivity contribution in [1.82, 2.24) is 16.0 Å². The number of unbranched alkanes of at least 4 members (excludes halogenated alkanes) is 1. The number of nitrogens with two attached hydrogens (primary N) is 2. The third-order valence-corrected chi connectivity index (χ3v) is 4.66. The molecule has 15 nitrogen and oxygen atoms in total. The minimum atomic E-state index is -1.52. The first-order valence-corrected chi connectivity index (χ1v) is 10.6. The number of carbonyl (C=O) groups is 6. The maximum Gasteiger partial charge on any atom is 0.326 e. The number of hydrogen-bond acceptors (Lipinski definition) is 9. The molecule has 0 aromatic carbocycles. The summed E-state index contributed by atoms with van der Waals surface area (Å²) >= 11 is 0. The van der Waals surface area contributed by atoms with Gasteiger partial charge in [-0.3, -0.25) is 24.0 Å². The maximum atomic E-state index is 12.6. The highest BCUT2D eigenvalue weighted by molar-refractivity contribution is 5.94. The van der Waals surface area contributed by atoms with Gasteiger partial charge in [-0.2, -0.15) is 0 Å². The summed E-state index contributed by atoms with van der Waals surface area (Å²) in [5, 5.41) is 42.8. The Hall–Kier alpha value is -3.30. The second-order valence-electron chi connectivity index (χ2n) is 7.46. The van der Waals surface area contributed by atoms with Gasteiger partial charge in [0.15, 0.2) is 0 Å². The van der Waals surface area contributed by atoms with Crippen molar-refractivity contribution in [2.45, 2.75) is 69.1 Å². The summed E-state index contributed by atoms with van der Waals surface area (Å²) in [4.78, 5) is 69.9. The first-order valence-electron chi connectivity index (χ1n) is 10.6. The molecule has 0 fully saturated rings. The quantitative estimate of drug-likeness (QED) is 0.0853. The summed E-state index contributed by atoms with van der Waals surface area (Å²) in [5.74, 6) is -6.64. The molecule has 0 aliphatic heterocycles. The van der Waals surface area contributed by atoms with Crippen LogP contribution < -0.4 is 27.4 Å². The first-order chi connectivity index (χ1) is 15.9. The lowest BCUT2D eigenvalue weighted by atomic mass is 10.1. The summed E-state index contributed by atoms with van der Waals surface area (Å²) in [7, 11) is 0. The van der Waals surface area contributed by atoms with E-state index >= 15 is 0 Å². The van der Waals surface area contributed by atoms with Gasteiger partial charge in [-0.1, -0.05) is 0 Å². The molecule has 15 heteroatoms. The van der Waals surface area contributed by atoms with Crippen LogP contribution >= 0.6 is 0 Å². The minimum Gasteiger partial charge on any atom is -0.481 e. The lowest BCUT2D eigenvalue weighted by Gasteiger charge is -2.24. The van der Waals surface area contributed by atoms with Gasteiger partial charge < -0.3 is 47.8 Å². The number of carboxylic acid groups (broad SMARTS) is 3. The maximum absolute atomic E-state index is 12.6. The van der Waals surface area contributed by atoms with Gasteiger partial charge in [0.25, 0.3) is 0 Å². The van der Waals surface area contributed by atoms with Gasteiger partial charge in [0, 0.05) is 12.8 Å². The van der Waals surface area contributed by atoms with Gasteiger partial charge in [0.2, 0.25) is 17.7 Å². The molecule has 0 bridgehead atoms. The molecule has 194 valence electrons. The van der Waals surface area contributed by atoms with Crippen molar-refractivity contribution in [3.05, 3.63) is 0 Å². The zero-order valence-corrected chi connectivity index (χ0v) is 18.6. The van der Waals surface area contributed by atoms with E-state index in [1.165, 1.54) is 0 Å². The van der Waals surface area contributed by atoms with Gasteiger partial charge in [0.1, 0.15) is 18.1 Å². The molecule has 0 aromatic heterocycles. The zero-order chi connectivity index (χ0) is 26.3. The number of hydrogen-bond donors (Lipinski definition) is 9. The van der Waals surface area contributed by atoms with E-state index in [4.69, 9.17) is 21.7 Å². The van der Waals surface area contributed by atoms with E-state index in [1.807, 2.05) is 0 Å². The molecule has 4 atom stereocenters. The molecular weight excluding hydrogens is 458 g/mol. The molecule has 4 unspecified atom stereocenters. The fourth-order valence-corrected chi connectivity index (χ4v) is 2.71. The Kier molecular flexibility index (Phi) is 14.7. The third-order valence-electron chi connectivity index (χ3n) is 4.66. The largest absolute Gasteiger partial charge is 0.481 e. The molecule has 0 saturated heterocycles. The summed E-state index contributed by atoms with van der Waals surface area (Å²) in [5.41, 5.74) is 11.0. The molecule has 0 aliphatic rings. The SMILES string of the molecule is NCCCCC(NC(=O)C(CO)NC(=O)C(N)CCC(=O)O)C(=O)NC(CCC(=O)O)C(=O)O. The zero-order valence-electron chi connectivity index (χ0n) is 18.6. The van der Waals surface area contributed by atoms with Crippen molar-refractivity contribution in [3.63, 3.8) is 0 Å². The summed E-state index contributed by atoms with van der Waals surface area (Å²) < 4.78 is 0. The monoisotopic (exact) mass is 491 g/mol. The van der Waals surface area contributed by atoms with Crippen LogP contribution in [0.5, 0.6) is 0 Å². The lowest BCUT2D eigenvalue weighted by molar-refractivity contribution is -0.143. The Morgan fingerprint density at radius 3 is 1.68 bits per heavy atom. The fraction of sp³-hybridized carbons (Fsp3) is 0.684. The van der Waals surface area contributed by atoms with Gasteiger partial charge in [-0.15, -0.1) is 0 Å². The van der Waals surface area contributed by atoms with E-state index in [0.29, 0.717) is 19.4 Å². The third kappa shape index (κ3) is 12.7. The smallest absolute Gasteiger partial charge is 0.326 e. The molecule has 0 heterocycles. The molecule has 0 rings (SSSR count). The second-order valence-corrected chi connectivity index (χ2v) is 7.46. The average molecular weight is 491 g/mol. The number of rotatable bonds is 18. The van der Waals surface area contributed by atoms with E-state index in [-0.39, 0.29) is 25.7 Å². The van der Waals surface area contributed by atoms with Crippen molar-refractivity contribution in [2.24, 2.45) is 11.5 Å². The van der Waals surface area contributed by atoms with Crippen molar-refractivity contribution in [1.29, 1.82) is 0 Å². The number of amides is 3. The lowest BCUT2D eigenvalue weighted by Crippen LogP contribution is -2.58. The highest BCUT2D eigenvalue weighted by Crippen LogP contribution is 2.05. The fourth-order valence-electron chi connectivity index (χ4n) is 2.71. The van der Waals surface area contributed by atoms with E-state index in [1.54, 1.807) is 0 Å². The number of aliphatic hydroxyl groups excluding tert-OH is 1. The molecule has 3 amide bonds. The summed E-state index contributed by atoms with van der Waals surface area (Å²) in [6.07, 6.45) is -0.591. The standard InChI is InChI=1S/C19H33N5O10/c20-8-2-1-3-11(17(31)23-12(19(33)34)5-7-15(28)29)22-18(32)13(9-25)24-16(30)10(21)4-6-14(26)27/h10-13,25H,1-9,20-21H2,(H,22,32)(H,23,31)(H,24,30)(H,26,27)(H,28,29)(H,33,34). The molecule has 0 spiro atoms. The van der Waals surface area contributed by atoms with Crippen LogP contribution in [0.1, 0.15) is 44.9 Å². The van der Waals surface area contributed by atoms with Crippen LogP contribution in [0, 0.1) is 0 Å². The summed E-state index contributed by atoms with van der Waals surface area (Å²) in [6, 6.07) is -5.56. The normalized spacial score (nSPS) is 14.2. The molecule has 11 N–H and O–H groups in total. The number of aliphatic hydroxyl groups is 1. The Bertz CT molecular complexity index is 732. The van der Waals surface area contributed by atoms with Crippen LogP contribution in [0.3, 0.4) is 0 Å². The van der Waals surface area contributed by atoms with Gasteiger partial charge in [-0.05, 0) is 38.6 Å². The Morgan fingerprint density at radius 2 is 1.18 bits per heavy atom. The number of carbonyl (C=O) groups excluding carboxylic acids is 3. The minimum absolute atomic E-state index is 0.0459. The van der Waals surface area contributed by atoms with E-state index in [0.717, 1.165) is 0 Å². The van der Waals surface area contributed by atoms with Crippen LogP contribution in [0.15, 0.2) is 0 Å². The molecule has 0 aromatic rings. The number of nitrogens with one attached hydrogen (secondary N) is 3. The van der Waals surface area contributed by atoms with E-state index in [2.05, 4.69) is 16.0 Å². The molecule has 0 radical (unpaired) electrons.